The highest BCUT2D eigenvalue weighted by atomic mass is 16.5. The van der Waals surface area contributed by atoms with Crippen LogP contribution in [0.15, 0.2) is 53.3 Å². The summed E-state index contributed by atoms with van der Waals surface area (Å²) in [6.45, 7) is 0. The van der Waals surface area contributed by atoms with Gasteiger partial charge in [0.25, 0.3) is 5.91 Å². The van der Waals surface area contributed by atoms with Gasteiger partial charge < -0.3 is 9.84 Å². The first-order valence-corrected chi connectivity index (χ1v) is 7.60. The van der Waals surface area contributed by atoms with E-state index in [0.29, 0.717) is 5.76 Å². The van der Waals surface area contributed by atoms with Crippen LogP contribution in [0.3, 0.4) is 0 Å². The summed E-state index contributed by atoms with van der Waals surface area (Å²) in [7, 11) is 0. The van der Waals surface area contributed by atoms with E-state index in [9.17, 15) is 4.79 Å². The van der Waals surface area contributed by atoms with Crippen LogP contribution < -0.4 is 5.32 Å². The molecule has 0 atom stereocenters. The molecule has 0 saturated carbocycles. The summed E-state index contributed by atoms with van der Waals surface area (Å²) in [6.07, 6.45) is 6.73. The van der Waals surface area contributed by atoms with Gasteiger partial charge in [-0.2, -0.15) is 0 Å². The van der Waals surface area contributed by atoms with Crippen molar-refractivity contribution in [2.45, 2.75) is 19.3 Å². The molecule has 3 aromatic rings. The molecule has 1 aliphatic rings. The van der Waals surface area contributed by atoms with E-state index in [2.05, 4.69) is 21.5 Å². The zero-order valence-corrected chi connectivity index (χ0v) is 12.5. The molecular weight excluding hydrogens is 290 g/mol. The maximum atomic E-state index is 12.3. The normalized spacial score (nSPS) is 12.9. The average molecular weight is 305 g/mol. The number of carbonyl (C=O) groups is 1. The van der Waals surface area contributed by atoms with Crippen LogP contribution in [0.4, 0.5) is 5.69 Å². The maximum Gasteiger partial charge on any atom is 0.277 e. The summed E-state index contributed by atoms with van der Waals surface area (Å²) < 4.78 is 5.24. The first kappa shape index (κ1) is 13.7. The van der Waals surface area contributed by atoms with Gasteiger partial charge in [0, 0.05) is 29.7 Å². The average Bonchev–Trinajstić information content (AvgIpc) is 3.24. The molecule has 0 aliphatic heterocycles. The molecule has 5 nitrogen and oxygen atoms in total. The van der Waals surface area contributed by atoms with Crippen LogP contribution >= 0.6 is 0 Å². The monoisotopic (exact) mass is 305 g/mol. The lowest BCUT2D eigenvalue weighted by molar-refractivity contribution is 0.101. The van der Waals surface area contributed by atoms with Gasteiger partial charge in [0.05, 0.1) is 0 Å². The molecule has 0 fully saturated rings. The van der Waals surface area contributed by atoms with E-state index in [1.54, 1.807) is 18.5 Å². The molecule has 1 aromatic carbocycles. The van der Waals surface area contributed by atoms with Crippen molar-refractivity contribution < 1.29 is 9.32 Å². The highest BCUT2D eigenvalue weighted by Gasteiger charge is 2.16. The predicted octanol–water partition coefficient (Wildman–Crippen LogP) is 3.48. The van der Waals surface area contributed by atoms with Crippen molar-refractivity contribution in [2.24, 2.45) is 0 Å². The van der Waals surface area contributed by atoms with Crippen molar-refractivity contribution in [1.29, 1.82) is 0 Å². The third-order valence-electron chi connectivity index (χ3n) is 4.06. The molecule has 23 heavy (non-hydrogen) atoms. The smallest absolute Gasteiger partial charge is 0.277 e. The number of hydrogen-bond acceptors (Lipinski definition) is 4. The second-order valence-electron chi connectivity index (χ2n) is 5.60. The molecule has 4 rings (SSSR count). The van der Waals surface area contributed by atoms with Crippen LogP contribution in [0.25, 0.3) is 11.3 Å². The second-order valence-corrected chi connectivity index (χ2v) is 5.60. The van der Waals surface area contributed by atoms with Gasteiger partial charge in [-0.3, -0.25) is 9.78 Å². The molecule has 0 unspecified atom stereocenters. The molecule has 0 spiro atoms. The zero-order chi connectivity index (χ0) is 15.6. The molecule has 5 heteroatoms. The van der Waals surface area contributed by atoms with Gasteiger partial charge in [0.15, 0.2) is 11.5 Å². The first-order valence-electron chi connectivity index (χ1n) is 7.60. The molecule has 0 bridgehead atoms. The Balaban J connectivity index is 1.52. The Labute approximate surface area is 133 Å². The fourth-order valence-electron chi connectivity index (χ4n) is 2.88. The van der Waals surface area contributed by atoms with Gasteiger partial charge in [-0.15, -0.1) is 0 Å². The number of aryl methyl sites for hydroxylation is 2. The number of nitrogens with one attached hydrogen (secondary N) is 1. The predicted molar refractivity (Wildman–Crippen MR) is 86.2 cm³/mol. The lowest BCUT2D eigenvalue weighted by Gasteiger charge is -2.05. The van der Waals surface area contributed by atoms with Crippen LogP contribution in [0.2, 0.25) is 0 Å². The number of rotatable bonds is 3. The Kier molecular flexibility index (Phi) is 3.38. The van der Waals surface area contributed by atoms with Gasteiger partial charge in [-0.05, 0) is 54.7 Å². The van der Waals surface area contributed by atoms with Gasteiger partial charge in [-0.25, -0.2) is 0 Å². The van der Waals surface area contributed by atoms with Crippen molar-refractivity contribution in [3.63, 3.8) is 0 Å². The van der Waals surface area contributed by atoms with E-state index < -0.39 is 0 Å². The van der Waals surface area contributed by atoms with Crippen LogP contribution in [-0.4, -0.2) is 16.0 Å². The molecule has 2 heterocycles. The standard InChI is InChI=1S/C18H15N3O2/c22-18(20-15-5-4-12-2-1-3-14(12)10-15)16-11-17(23-21-16)13-6-8-19-9-7-13/h4-11H,1-3H2,(H,20,22). The minimum absolute atomic E-state index is 0.261. The number of amides is 1. The quantitative estimate of drug-likeness (QED) is 0.804. The Morgan fingerprint density at radius 2 is 1.87 bits per heavy atom. The summed E-state index contributed by atoms with van der Waals surface area (Å²) in [6, 6.07) is 11.3. The lowest BCUT2D eigenvalue weighted by atomic mass is 10.1. The number of anilines is 1. The van der Waals surface area contributed by atoms with E-state index in [-0.39, 0.29) is 11.6 Å². The number of benzene rings is 1. The summed E-state index contributed by atoms with van der Waals surface area (Å²) in [5.41, 5.74) is 4.59. The van der Waals surface area contributed by atoms with Crippen molar-refractivity contribution in [1.82, 2.24) is 10.1 Å². The summed E-state index contributed by atoms with van der Waals surface area (Å²) in [5.74, 6) is 0.276. The van der Waals surface area contributed by atoms with Crippen molar-refractivity contribution in [3.05, 3.63) is 65.6 Å². The molecule has 114 valence electrons. The van der Waals surface area contributed by atoms with E-state index in [1.807, 2.05) is 24.3 Å². The molecule has 1 amide bonds. The van der Waals surface area contributed by atoms with E-state index >= 15 is 0 Å². The first-order chi connectivity index (χ1) is 11.3. The second kappa shape index (κ2) is 5.68. The van der Waals surface area contributed by atoms with Gasteiger partial charge in [0.2, 0.25) is 0 Å². The topological polar surface area (TPSA) is 68.0 Å². The van der Waals surface area contributed by atoms with Gasteiger partial charge >= 0.3 is 0 Å². The lowest BCUT2D eigenvalue weighted by Crippen LogP contribution is -2.12. The third-order valence-corrected chi connectivity index (χ3v) is 4.06. The summed E-state index contributed by atoms with van der Waals surface area (Å²) in [5, 5.41) is 6.73. The van der Waals surface area contributed by atoms with Crippen LogP contribution in [0, 0.1) is 0 Å². The number of fused-ring (bicyclic) bond motifs is 1. The number of nitrogens with zero attached hydrogens (tertiary/aromatic N) is 2. The highest BCUT2D eigenvalue weighted by molar-refractivity contribution is 6.03. The summed E-state index contributed by atoms with van der Waals surface area (Å²) >= 11 is 0. The van der Waals surface area contributed by atoms with Crippen molar-refractivity contribution in [2.75, 3.05) is 5.32 Å². The van der Waals surface area contributed by atoms with E-state index in [0.717, 1.165) is 24.1 Å². The molecule has 1 aliphatic carbocycles. The largest absolute Gasteiger partial charge is 0.355 e. The number of pyridine rings is 1. The molecule has 2 aromatic heterocycles. The fraction of sp³-hybridized carbons (Fsp3) is 0.167. The fourth-order valence-corrected chi connectivity index (χ4v) is 2.88. The van der Waals surface area contributed by atoms with Crippen molar-refractivity contribution >= 4 is 11.6 Å². The van der Waals surface area contributed by atoms with Gasteiger partial charge in [0.1, 0.15) is 0 Å². The van der Waals surface area contributed by atoms with Crippen LogP contribution in [0.1, 0.15) is 28.0 Å². The molecule has 0 saturated heterocycles. The SMILES string of the molecule is O=C(Nc1ccc2c(c1)CCC2)c1cc(-c2ccncc2)on1. The number of aromatic nitrogens is 2. The zero-order valence-electron chi connectivity index (χ0n) is 12.5. The minimum atomic E-state index is -0.271. The van der Waals surface area contributed by atoms with Crippen LogP contribution in [0.5, 0.6) is 0 Å². The Morgan fingerprint density at radius 3 is 2.74 bits per heavy atom. The Bertz CT molecular complexity index is 856. The highest BCUT2D eigenvalue weighted by Crippen LogP contribution is 2.25. The molecular formula is C18H15N3O2. The summed E-state index contributed by atoms with van der Waals surface area (Å²) in [4.78, 5) is 16.3. The van der Waals surface area contributed by atoms with Crippen LogP contribution in [-0.2, 0) is 12.8 Å². The minimum Gasteiger partial charge on any atom is -0.355 e. The Morgan fingerprint density at radius 1 is 1.04 bits per heavy atom. The van der Waals surface area contributed by atoms with E-state index in [4.69, 9.17) is 4.52 Å². The number of hydrogen-bond donors (Lipinski definition) is 1. The number of carbonyl (C=O) groups excluding carboxylic acids is 1. The molecule has 1 N–H and O–H groups in total. The third kappa shape index (κ3) is 2.73. The van der Waals surface area contributed by atoms with Gasteiger partial charge in [-0.1, -0.05) is 11.2 Å². The van der Waals surface area contributed by atoms with Crippen molar-refractivity contribution in [3.8, 4) is 11.3 Å². The molecule has 0 radical (unpaired) electrons. The maximum absolute atomic E-state index is 12.3. The Hall–Kier alpha value is -2.95. The van der Waals surface area contributed by atoms with E-state index in [1.165, 1.54) is 17.5 Å².